The molecule has 2 fully saturated rings. The summed E-state index contributed by atoms with van der Waals surface area (Å²) in [5.74, 6) is 0.274. The van der Waals surface area contributed by atoms with E-state index in [-0.39, 0.29) is 23.1 Å². The molecule has 1 atom stereocenters. The number of nitrogens with one attached hydrogen (secondary N) is 1. The standard InChI is InChI=1S/C23H29N5O2/c1-17(2)10-26-21(29)19-13-27(12-18-6-4-3-5-7-18)14-23(19)15-28(16-23)22(30)20-11-24-8-9-25-20/h3-9,11,17,19H,10,12-16H2,1-2H3,(H,26,29). The van der Waals surface area contributed by atoms with E-state index in [2.05, 4.69) is 46.2 Å². The van der Waals surface area contributed by atoms with Crippen LogP contribution in [-0.4, -0.2) is 64.3 Å². The fourth-order valence-electron chi connectivity index (χ4n) is 4.57. The number of likely N-dealkylation sites (tertiary alicyclic amines) is 2. The van der Waals surface area contributed by atoms with Crippen molar-refractivity contribution in [1.82, 2.24) is 25.1 Å². The fourth-order valence-corrected chi connectivity index (χ4v) is 4.57. The Kier molecular flexibility index (Phi) is 5.81. The highest BCUT2D eigenvalue weighted by atomic mass is 16.2. The van der Waals surface area contributed by atoms with Crippen LogP contribution >= 0.6 is 0 Å². The zero-order chi connectivity index (χ0) is 21.1. The Bertz CT molecular complexity index is 881. The van der Waals surface area contributed by atoms with Crippen LogP contribution in [0.15, 0.2) is 48.9 Å². The third kappa shape index (κ3) is 4.21. The molecule has 1 unspecified atom stereocenters. The Balaban J connectivity index is 1.47. The first kappa shape index (κ1) is 20.5. The van der Waals surface area contributed by atoms with Gasteiger partial charge in [0.2, 0.25) is 5.91 Å². The Hall–Kier alpha value is -2.80. The van der Waals surface area contributed by atoms with Gasteiger partial charge in [0.1, 0.15) is 5.69 Å². The van der Waals surface area contributed by atoms with Crippen LogP contribution in [0.3, 0.4) is 0 Å². The zero-order valence-electron chi connectivity index (χ0n) is 17.6. The van der Waals surface area contributed by atoms with E-state index in [1.165, 1.54) is 18.0 Å². The van der Waals surface area contributed by atoms with Crippen LogP contribution in [0.25, 0.3) is 0 Å². The van der Waals surface area contributed by atoms with Crippen LogP contribution in [0.5, 0.6) is 0 Å². The topological polar surface area (TPSA) is 78.4 Å². The molecule has 7 nitrogen and oxygen atoms in total. The van der Waals surface area contributed by atoms with Crippen molar-refractivity contribution in [2.45, 2.75) is 20.4 Å². The predicted molar refractivity (Wildman–Crippen MR) is 113 cm³/mol. The molecule has 4 rings (SSSR count). The maximum atomic E-state index is 13.0. The first-order chi connectivity index (χ1) is 14.5. The smallest absolute Gasteiger partial charge is 0.274 e. The van der Waals surface area contributed by atoms with E-state index in [0.717, 1.165) is 13.1 Å². The van der Waals surface area contributed by atoms with Gasteiger partial charge in [-0.1, -0.05) is 44.2 Å². The summed E-state index contributed by atoms with van der Waals surface area (Å²) in [6.07, 6.45) is 4.58. The van der Waals surface area contributed by atoms with Crippen LogP contribution in [0, 0.1) is 17.3 Å². The van der Waals surface area contributed by atoms with Crippen LogP contribution in [0.1, 0.15) is 29.9 Å². The van der Waals surface area contributed by atoms with Gasteiger partial charge in [-0.3, -0.25) is 19.5 Å². The Morgan fingerprint density at radius 1 is 1.17 bits per heavy atom. The molecule has 1 spiro atoms. The largest absolute Gasteiger partial charge is 0.356 e. The van der Waals surface area contributed by atoms with Gasteiger partial charge in [-0.15, -0.1) is 0 Å². The van der Waals surface area contributed by atoms with Crippen molar-refractivity contribution in [2.75, 3.05) is 32.7 Å². The average Bonchev–Trinajstić information content (AvgIpc) is 3.11. The fraction of sp³-hybridized carbons (Fsp3) is 0.478. The molecule has 2 aliphatic rings. The van der Waals surface area contributed by atoms with Gasteiger partial charge in [-0.25, -0.2) is 4.98 Å². The SMILES string of the molecule is CC(C)CNC(=O)C1CN(Cc2ccccc2)CC12CN(C(=O)c1cnccn1)C2. The lowest BCUT2D eigenvalue weighted by molar-refractivity contribution is -0.131. The Labute approximate surface area is 177 Å². The molecule has 0 aliphatic carbocycles. The van der Waals surface area contributed by atoms with E-state index in [1.54, 1.807) is 11.1 Å². The van der Waals surface area contributed by atoms with Gasteiger partial charge in [0.25, 0.3) is 5.91 Å². The number of amides is 2. The number of hydrogen-bond donors (Lipinski definition) is 1. The van der Waals surface area contributed by atoms with Crippen LogP contribution in [-0.2, 0) is 11.3 Å². The van der Waals surface area contributed by atoms with Gasteiger partial charge >= 0.3 is 0 Å². The lowest BCUT2D eigenvalue weighted by Crippen LogP contribution is -2.64. The predicted octanol–water partition coefficient (Wildman–Crippen LogP) is 1.82. The van der Waals surface area contributed by atoms with E-state index in [4.69, 9.17) is 0 Å². The first-order valence-electron chi connectivity index (χ1n) is 10.6. The van der Waals surface area contributed by atoms with Crippen molar-refractivity contribution >= 4 is 11.8 Å². The number of hydrogen-bond acceptors (Lipinski definition) is 5. The normalized spacial score (nSPS) is 20.4. The lowest BCUT2D eigenvalue weighted by atomic mass is 9.71. The second kappa shape index (κ2) is 8.52. The van der Waals surface area contributed by atoms with Crippen molar-refractivity contribution in [3.8, 4) is 0 Å². The average molecular weight is 408 g/mol. The van der Waals surface area contributed by atoms with Gasteiger partial charge in [0.05, 0.1) is 12.1 Å². The minimum Gasteiger partial charge on any atom is -0.356 e. The number of rotatable bonds is 6. The van der Waals surface area contributed by atoms with E-state index in [0.29, 0.717) is 37.8 Å². The molecule has 30 heavy (non-hydrogen) atoms. The second-order valence-corrected chi connectivity index (χ2v) is 8.96. The lowest BCUT2D eigenvalue weighted by Gasteiger charge is -2.50. The van der Waals surface area contributed by atoms with Crippen molar-refractivity contribution < 1.29 is 9.59 Å². The summed E-state index contributed by atoms with van der Waals surface area (Å²) in [6.45, 7) is 8.36. The maximum absolute atomic E-state index is 13.0. The van der Waals surface area contributed by atoms with E-state index in [9.17, 15) is 9.59 Å². The number of benzene rings is 1. The van der Waals surface area contributed by atoms with Gasteiger partial charge < -0.3 is 10.2 Å². The Morgan fingerprint density at radius 2 is 1.93 bits per heavy atom. The van der Waals surface area contributed by atoms with Crippen molar-refractivity contribution in [1.29, 1.82) is 0 Å². The number of carbonyl (C=O) groups is 2. The molecule has 0 radical (unpaired) electrons. The second-order valence-electron chi connectivity index (χ2n) is 8.96. The van der Waals surface area contributed by atoms with Gasteiger partial charge in [-0.05, 0) is 11.5 Å². The zero-order valence-corrected chi connectivity index (χ0v) is 17.6. The minimum atomic E-state index is -0.201. The van der Waals surface area contributed by atoms with Gasteiger partial charge in [-0.2, -0.15) is 0 Å². The highest BCUT2D eigenvalue weighted by molar-refractivity contribution is 5.93. The van der Waals surface area contributed by atoms with Crippen molar-refractivity contribution in [3.05, 3.63) is 60.2 Å². The molecular formula is C23H29N5O2. The van der Waals surface area contributed by atoms with Crippen LogP contribution in [0.4, 0.5) is 0 Å². The van der Waals surface area contributed by atoms with Gasteiger partial charge in [0.15, 0.2) is 0 Å². The first-order valence-corrected chi connectivity index (χ1v) is 10.6. The molecule has 0 bridgehead atoms. The molecule has 1 N–H and O–H groups in total. The number of aromatic nitrogens is 2. The molecule has 158 valence electrons. The molecule has 2 aliphatic heterocycles. The summed E-state index contributed by atoms with van der Waals surface area (Å²) in [4.78, 5) is 38.0. The van der Waals surface area contributed by atoms with E-state index < -0.39 is 0 Å². The molecule has 7 heteroatoms. The van der Waals surface area contributed by atoms with Crippen LogP contribution in [0.2, 0.25) is 0 Å². The third-order valence-electron chi connectivity index (χ3n) is 6.05. The summed E-state index contributed by atoms with van der Waals surface area (Å²) in [5.41, 5.74) is 1.39. The highest BCUT2D eigenvalue weighted by Gasteiger charge is 2.57. The van der Waals surface area contributed by atoms with E-state index in [1.807, 2.05) is 18.2 Å². The molecule has 3 heterocycles. The molecular weight excluding hydrogens is 378 g/mol. The van der Waals surface area contributed by atoms with Crippen molar-refractivity contribution in [3.63, 3.8) is 0 Å². The molecule has 2 saturated heterocycles. The number of nitrogens with zero attached hydrogens (tertiary/aromatic N) is 4. The Morgan fingerprint density at radius 3 is 2.60 bits per heavy atom. The summed E-state index contributed by atoms with van der Waals surface area (Å²) < 4.78 is 0. The number of carbonyl (C=O) groups excluding carboxylic acids is 2. The van der Waals surface area contributed by atoms with Crippen molar-refractivity contribution in [2.24, 2.45) is 17.3 Å². The van der Waals surface area contributed by atoms with E-state index >= 15 is 0 Å². The van der Waals surface area contributed by atoms with Gasteiger partial charge in [0, 0.05) is 57.1 Å². The highest BCUT2D eigenvalue weighted by Crippen LogP contribution is 2.45. The third-order valence-corrected chi connectivity index (χ3v) is 6.05. The molecule has 0 saturated carbocycles. The minimum absolute atomic E-state index is 0.103. The molecule has 1 aromatic heterocycles. The molecule has 1 aromatic carbocycles. The molecule has 2 amide bonds. The summed E-state index contributed by atoms with van der Waals surface area (Å²) in [6, 6.07) is 10.3. The quantitative estimate of drug-likeness (QED) is 0.790. The summed E-state index contributed by atoms with van der Waals surface area (Å²) >= 11 is 0. The monoisotopic (exact) mass is 407 g/mol. The summed E-state index contributed by atoms with van der Waals surface area (Å²) in [7, 11) is 0. The molecule has 2 aromatic rings. The maximum Gasteiger partial charge on any atom is 0.274 e. The summed E-state index contributed by atoms with van der Waals surface area (Å²) in [5, 5.41) is 3.12. The van der Waals surface area contributed by atoms with Crippen LogP contribution < -0.4 is 5.32 Å².